The lowest BCUT2D eigenvalue weighted by Crippen LogP contribution is -2.23. The van der Waals surface area contributed by atoms with E-state index in [1.807, 2.05) is 95.8 Å². The van der Waals surface area contributed by atoms with Gasteiger partial charge in [0.05, 0.1) is 23.9 Å². The van der Waals surface area contributed by atoms with Crippen LogP contribution in [0, 0.1) is 5.92 Å². The molecule has 6 aromatic rings. The lowest BCUT2D eigenvalue weighted by atomic mass is 10.1. The summed E-state index contributed by atoms with van der Waals surface area (Å²) in [6.45, 7) is 4.89. The van der Waals surface area contributed by atoms with Crippen LogP contribution in [0.25, 0.3) is 39.4 Å². The predicted octanol–water partition coefficient (Wildman–Crippen LogP) is 5.26. The molecule has 0 unspecified atom stereocenters. The van der Waals surface area contributed by atoms with Crippen LogP contribution in [0.1, 0.15) is 19.4 Å². The molecule has 0 aliphatic rings. The molecule has 3 aromatic heterocycles. The van der Waals surface area contributed by atoms with Gasteiger partial charge in [-0.3, -0.25) is 4.79 Å². The van der Waals surface area contributed by atoms with Crippen LogP contribution >= 0.6 is 11.3 Å². The minimum absolute atomic E-state index is 0.219. The van der Waals surface area contributed by atoms with Crippen LogP contribution in [0.3, 0.4) is 0 Å². The van der Waals surface area contributed by atoms with Crippen LogP contribution in [-0.4, -0.2) is 38.1 Å². The van der Waals surface area contributed by atoms with E-state index in [4.69, 9.17) is 14.6 Å². The molecule has 0 saturated heterocycles. The SMILES string of the molecule is COc1ccc(-c2nc3s/c(=C\c4cn(-c5ccccc5)nc4-c4ccc(OCC(C)C)cc4)c(=O)n3n2)cc1. The first kappa shape index (κ1) is 25.5. The Morgan fingerprint density at radius 3 is 2.27 bits per heavy atom. The van der Waals surface area contributed by atoms with Crippen LogP contribution in [0.15, 0.2) is 89.9 Å². The average molecular weight is 550 g/mol. The van der Waals surface area contributed by atoms with Crippen LogP contribution in [0.5, 0.6) is 11.5 Å². The van der Waals surface area contributed by atoms with Crippen LogP contribution < -0.4 is 19.6 Å². The van der Waals surface area contributed by atoms with Crippen molar-refractivity contribution in [1.29, 1.82) is 0 Å². The third-order valence-electron chi connectivity index (χ3n) is 6.29. The Labute approximate surface area is 234 Å². The first-order valence-electron chi connectivity index (χ1n) is 12.9. The van der Waals surface area contributed by atoms with E-state index in [-0.39, 0.29) is 5.56 Å². The van der Waals surface area contributed by atoms with E-state index in [9.17, 15) is 4.79 Å². The molecule has 6 rings (SSSR count). The van der Waals surface area contributed by atoms with Crippen LogP contribution in [0.4, 0.5) is 0 Å². The minimum Gasteiger partial charge on any atom is -0.497 e. The molecule has 0 atom stereocenters. The van der Waals surface area contributed by atoms with Crippen LogP contribution in [-0.2, 0) is 0 Å². The van der Waals surface area contributed by atoms with Gasteiger partial charge >= 0.3 is 0 Å². The fraction of sp³-hybridized carbons (Fsp3) is 0.161. The molecular weight excluding hydrogens is 522 g/mol. The number of hydrogen-bond acceptors (Lipinski definition) is 7. The molecule has 0 spiro atoms. The van der Waals surface area contributed by atoms with Crippen LogP contribution in [0.2, 0.25) is 0 Å². The van der Waals surface area contributed by atoms with Crippen molar-refractivity contribution in [3.05, 3.63) is 106 Å². The zero-order chi connectivity index (χ0) is 27.6. The summed E-state index contributed by atoms with van der Waals surface area (Å²) in [4.78, 5) is 18.5. The first-order valence-corrected chi connectivity index (χ1v) is 13.7. The van der Waals surface area contributed by atoms with Gasteiger partial charge in [0.1, 0.15) is 17.2 Å². The molecule has 200 valence electrons. The summed E-state index contributed by atoms with van der Waals surface area (Å²) in [7, 11) is 1.62. The molecule has 3 aromatic carbocycles. The van der Waals surface area contributed by atoms with Crippen molar-refractivity contribution < 1.29 is 9.47 Å². The second kappa shape index (κ2) is 10.8. The van der Waals surface area contributed by atoms with Crippen molar-refractivity contribution in [2.75, 3.05) is 13.7 Å². The molecule has 40 heavy (non-hydrogen) atoms. The fourth-order valence-corrected chi connectivity index (χ4v) is 5.14. The maximum atomic E-state index is 13.3. The molecule has 0 saturated carbocycles. The Kier molecular flexibility index (Phi) is 6.88. The number of para-hydroxylation sites is 1. The van der Waals surface area contributed by atoms with E-state index >= 15 is 0 Å². The monoisotopic (exact) mass is 549 g/mol. The van der Waals surface area contributed by atoms with E-state index in [0.29, 0.717) is 27.8 Å². The highest BCUT2D eigenvalue weighted by Gasteiger charge is 2.15. The van der Waals surface area contributed by atoms with Gasteiger partial charge < -0.3 is 9.47 Å². The molecule has 3 heterocycles. The Balaban J connectivity index is 1.40. The molecule has 9 heteroatoms. The summed E-state index contributed by atoms with van der Waals surface area (Å²) in [5.74, 6) is 2.49. The van der Waals surface area contributed by atoms with Crippen molar-refractivity contribution in [3.63, 3.8) is 0 Å². The highest BCUT2D eigenvalue weighted by Crippen LogP contribution is 2.27. The standard InChI is InChI=1S/C31H27N5O3S/c1-20(2)19-39-26-15-9-21(10-16-26)28-23(18-35(33-28)24-7-5-4-6-8-24)17-27-30(37)36-31(40-27)32-29(34-36)22-11-13-25(38-3)14-12-22/h4-18,20H,19H2,1-3H3/b27-17-. The second-order valence-electron chi connectivity index (χ2n) is 9.72. The largest absolute Gasteiger partial charge is 0.497 e. The van der Waals surface area contributed by atoms with Gasteiger partial charge in [-0.1, -0.05) is 43.4 Å². The highest BCUT2D eigenvalue weighted by molar-refractivity contribution is 7.15. The lowest BCUT2D eigenvalue weighted by Gasteiger charge is -2.09. The maximum Gasteiger partial charge on any atom is 0.291 e. The Bertz CT molecular complexity index is 1870. The normalized spacial score (nSPS) is 11.9. The number of rotatable bonds is 8. The smallest absolute Gasteiger partial charge is 0.291 e. The summed E-state index contributed by atoms with van der Waals surface area (Å²) in [5.41, 5.74) is 4.02. The number of aromatic nitrogens is 5. The predicted molar refractivity (Wildman–Crippen MR) is 157 cm³/mol. The first-order chi connectivity index (χ1) is 19.5. The zero-order valence-corrected chi connectivity index (χ0v) is 23.1. The van der Waals surface area contributed by atoms with Crippen molar-refractivity contribution in [2.24, 2.45) is 5.92 Å². The molecule has 8 nitrogen and oxygen atoms in total. The fourth-order valence-electron chi connectivity index (χ4n) is 4.24. The van der Waals surface area contributed by atoms with Gasteiger partial charge in [0.2, 0.25) is 4.96 Å². The van der Waals surface area contributed by atoms with Crippen molar-refractivity contribution in [3.8, 4) is 39.8 Å². The number of fused-ring (bicyclic) bond motifs is 1. The topological polar surface area (TPSA) is 83.5 Å². The van der Waals surface area contributed by atoms with E-state index < -0.39 is 0 Å². The number of nitrogens with zero attached hydrogens (tertiary/aromatic N) is 5. The third-order valence-corrected chi connectivity index (χ3v) is 7.25. The summed E-state index contributed by atoms with van der Waals surface area (Å²) in [6.07, 6.45) is 3.80. The van der Waals surface area contributed by atoms with Gasteiger partial charge in [-0.2, -0.15) is 14.6 Å². The summed E-state index contributed by atoms with van der Waals surface area (Å²) < 4.78 is 14.8. The number of methoxy groups -OCH3 is 1. The number of ether oxygens (including phenoxy) is 2. The minimum atomic E-state index is -0.219. The summed E-state index contributed by atoms with van der Waals surface area (Å²) in [5, 5.41) is 9.37. The third kappa shape index (κ3) is 5.11. The molecule has 0 radical (unpaired) electrons. The lowest BCUT2D eigenvalue weighted by molar-refractivity contribution is 0.271. The molecule has 0 fully saturated rings. The van der Waals surface area contributed by atoms with Gasteiger partial charge in [-0.15, -0.1) is 5.10 Å². The average Bonchev–Trinajstić information content (AvgIpc) is 3.68. The molecule has 0 N–H and O–H groups in total. The van der Waals surface area contributed by atoms with Gasteiger partial charge in [-0.05, 0) is 72.7 Å². The van der Waals surface area contributed by atoms with E-state index in [1.54, 1.807) is 7.11 Å². The Morgan fingerprint density at radius 2 is 1.60 bits per heavy atom. The summed E-state index contributed by atoms with van der Waals surface area (Å²) in [6, 6.07) is 25.2. The van der Waals surface area contributed by atoms with Gasteiger partial charge in [0.25, 0.3) is 5.56 Å². The second-order valence-corrected chi connectivity index (χ2v) is 10.7. The van der Waals surface area contributed by atoms with Gasteiger partial charge in [-0.25, -0.2) is 4.68 Å². The van der Waals surface area contributed by atoms with E-state index in [2.05, 4.69) is 23.9 Å². The van der Waals surface area contributed by atoms with E-state index in [1.165, 1.54) is 15.9 Å². The van der Waals surface area contributed by atoms with Gasteiger partial charge in [0.15, 0.2) is 5.82 Å². The number of thiazole rings is 1. The number of benzene rings is 3. The van der Waals surface area contributed by atoms with Crippen molar-refractivity contribution >= 4 is 22.4 Å². The quantitative estimate of drug-likeness (QED) is 0.258. The van der Waals surface area contributed by atoms with Gasteiger partial charge in [0, 0.05) is 22.9 Å². The highest BCUT2D eigenvalue weighted by atomic mass is 32.1. The molecule has 0 aliphatic heterocycles. The summed E-state index contributed by atoms with van der Waals surface area (Å²) >= 11 is 1.30. The molecule has 0 amide bonds. The molecule has 0 bridgehead atoms. The zero-order valence-electron chi connectivity index (χ0n) is 22.3. The molecular formula is C31H27N5O3S. The van der Waals surface area contributed by atoms with E-state index in [0.717, 1.165) is 39.6 Å². The Morgan fingerprint density at radius 1 is 0.900 bits per heavy atom. The van der Waals surface area contributed by atoms with Crippen molar-refractivity contribution in [2.45, 2.75) is 13.8 Å². The number of hydrogen-bond donors (Lipinski definition) is 0. The van der Waals surface area contributed by atoms with Crippen molar-refractivity contribution in [1.82, 2.24) is 24.4 Å². The maximum absolute atomic E-state index is 13.3. The Hall–Kier alpha value is -4.76. The molecule has 0 aliphatic carbocycles.